The van der Waals surface area contributed by atoms with Gasteiger partial charge < -0.3 is 14.9 Å². The smallest absolute Gasteiger partial charge is 0.319 e. The third-order valence-electron chi connectivity index (χ3n) is 1.97. The first-order valence-electron chi connectivity index (χ1n) is 5.57. The van der Waals surface area contributed by atoms with Gasteiger partial charge in [-0.2, -0.15) is 0 Å². The van der Waals surface area contributed by atoms with Crippen molar-refractivity contribution in [3.63, 3.8) is 0 Å². The maximum absolute atomic E-state index is 11.7. The number of hydrogen-bond acceptors (Lipinski definition) is 7. The van der Waals surface area contributed by atoms with Gasteiger partial charge in [0.1, 0.15) is 5.25 Å². The minimum atomic E-state index is -0.300. The van der Waals surface area contributed by atoms with Crippen molar-refractivity contribution < 1.29 is 13.9 Å². The fourth-order valence-electron chi connectivity index (χ4n) is 1.21. The van der Waals surface area contributed by atoms with Crippen molar-refractivity contribution in [3.05, 3.63) is 5.89 Å². The van der Waals surface area contributed by atoms with Crippen molar-refractivity contribution in [1.29, 1.82) is 0 Å². The average Bonchev–Trinajstić information content (AvgIpc) is 2.76. The number of esters is 1. The monoisotopic (exact) mass is 259 g/mol. The highest BCUT2D eigenvalue weighted by molar-refractivity contribution is 8.00. The number of hydrogen-bond donors (Lipinski definition) is 1. The number of nitrogens with zero attached hydrogens (tertiary/aromatic N) is 2. The summed E-state index contributed by atoms with van der Waals surface area (Å²) in [7, 11) is 0. The molecule has 96 valence electrons. The Morgan fingerprint density at radius 2 is 2.29 bits per heavy atom. The molecule has 1 rings (SSSR count). The average molecular weight is 259 g/mol. The molecular formula is C10H17N3O3S. The number of nitrogens with two attached hydrogens (primary N) is 1. The van der Waals surface area contributed by atoms with Crippen LogP contribution in [-0.4, -0.2) is 28.0 Å². The molecule has 0 saturated heterocycles. The molecule has 0 fully saturated rings. The van der Waals surface area contributed by atoms with Gasteiger partial charge in [0.15, 0.2) is 0 Å². The van der Waals surface area contributed by atoms with E-state index in [1.165, 1.54) is 11.8 Å². The normalized spacial score (nSPS) is 12.4. The number of carbonyl (C=O) groups excluding carboxylic acids is 1. The first-order valence-corrected chi connectivity index (χ1v) is 6.44. The third-order valence-corrected chi connectivity index (χ3v) is 3.05. The first kappa shape index (κ1) is 14.0. The van der Waals surface area contributed by atoms with Gasteiger partial charge in [-0.1, -0.05) is 25.1 Å². The highest BCUT2D eigenvalue weighted by Gasteiger charge is 2.23. The lowest BCUT2D eigenvalue weighted by molar-refractivity contribution is -0.142. The van der Waals surface area contributed by atoms with Gasteiger partial charge in [0.2, 0.25) is 5.89 Å². The Morgan fingerprint density at radius 1 is 1.53 bits per heavy atom. The molecule has 0 aliphatic rings. The van der Waals surface area contributed by atoms with Crippen molar-refractivity contribution in [2.45, 2.75) is 43.7 Å². The number of aromatic nitrogens is 2. The Hall–Kier alpha value is -1.08. The summed E-state index contributed by atoms with van der Waals surface area (Å²) in [4.78, 5) is 11.7. The van der Waals surface area contributed by atoms with Gasteiger partial charge in [0, 0.05) is 0 Å². The molecule has 0 spiro atoms. The minimum absolute atomic E-state index is 0.200. The summed E-state index contributed by atoms with van der Waals surface area (Å²) in [5.41, 5.74) is 5.36. The molecule has 0 saturated carbocycles. The van der Waals surface area contributed by atoms with Crippen molar-refractivity contribution >= 4 is 17.7 Å². The molecule has 1 heterocycles. The Bertz CT molecular complexity index is 356. The van der Waals surface area contributed by atoms with Crippen LogP contribution >= 0.6 is 11.8 Å². The van der Waals surface area contributed by atoms with Crippen molar-refractivity contribution in [2.24, 2.45) is 5.73 Å². The fourth-order valence-corrected chi connectivity index (χ4v) is 2.21. The van der Waals surface area contributed by atoms with Crippen LogP contribution in [0.3, 0.4) is 0 Å². The topological polar surface area (TPSA) is 91.2 Å². The summed E-state index contributed by atoms with van der Waals surface area (Å²) < 4.78 is 10.2. The van der Waals surface area contributed by atoms with E-state index in [2.05, 4.69) is 10.2 Å². The van der Waals surface area contributed by atoms with Crippen molar-refractivity contribution in [2.75, 3.05) is 6.61 Å². The summed E-state index contributed by atoms with van der Waals surface area (Å²) in [5.74, 6) is 0.124. The second kappa shape index (κ2) is 7.29. The zero-order valence-electron chi connectivity index (χ0n) is 10.0. The molecule has 0 aromatic carbocycles. The van der Waals surface area contributed by atoms with Crippen LogP contribution in [-0.2, 0) is 16.1 Å². The molecule has 6 nitrogen and oxygen atoms in total. The van der Waals surface area contributed by atoms with E-state index in [4.69, 9.17) is 14.9 Å². The van der Waals surface area contributed by atoms with E-state index in [0.717, 1.165) is 6.42 Å². The van der Waals surface area contributed by atoms with Gasteiger partial charge in [-0.05, 0) is 13.3 Å². The molecule has 1 atom stereocenters. The standard InChI is InChI=1S/C10H17N3O3S/c1-3-5-7(9(14)15-4-2)17-10-13-12-8(6-11)16-10/h7H,3-6,11H2,1-2H3. The van der Waals surface area contributed by atoms with E-state index >= 15 is 0 Å². The molecule has 0 radical (unpaired) electrons. The Labute approximate surface area is 104 Å². The quantitative estimate of drug-likeness (QED) is 0.583. The second-order valence-corrected chi connectivity index (χ2v) is 4.47. The molecule has 2 N–H and O–H groups in total. The summed E-state index contributed by atoms with van der Waals surface area (Å²) in [6.45, 7) is 4.36. The van der Waals surface area contributed by atoms with E-state index in [-0.39, 0.29) is 17.8 Å². The summed E-state index contributed by atoms with van der Waals surface area (Å²) in [6.07, 6.45) is 1.60. The minimum Gasteiger partial charge on any atom is -0.465 e. The van der Waals surface area contributed by atoms with Crippen LogP contribution in [0, 0.1) is 0 Å². The first-order chi connectivity index (χ1) is 8.21. The third kappa shape index (κ3) is 4.35. The van der Waals surface area contributed by atoms with Crippen LogP contribution < -0.4 is 5.73 Å². The molecule has 7 heteroatoms. The van der Waals surface area contributed by atoms with Crippen LogP contribution in [0.5, 0.6) is 0 Å². The highest BCUT2D eigenvalue weighted by Crippen LogP contribution is 2.26. The van der Waals surface area contributed by atoms with E-state index in [1.54, 1.807) is 6.92 Å². The predicted octanol–water partition coefficient (Wildman–Crippen LogP) is 1.35. The molecule has 1 aromatic rings. The molecule has 1 unspecified atom stereocenters. The molecule has 0 aliphatic heterocycles. The number of carbonyl (C=O) groups is 1. The molecule has 0 amide bonds. The maximum Gasteiger partial charge on any atom is 0.319 e. The lowest BCUT2D eigenvalue weighted by atomic mass is 10.2. The largest absolute Gasteiger partial charge is 0.465 e. The zero-order valence-corrected chi connectivity index (χ0v) is 10.8. The Kier molecular flexibility index (Phi) is 5.99. The van der Waals surface area contributed by atoms with Gasteiger partial charge in [0.05, 0.1) is 13.2 Å². The van der Waals surface area contributed by atoms with Crippen LogP contribution in [0.2, 0.25) is 0 Å². The van der Waals surface area contributed by atoms with Crippen molar-refractivity contribution in [3.8, 4) is 0 Å². The molecular weight excluding hydrogens is 242 g/mol. The van der Waals surface area contributed by atoms with E-state index in [0.29, 0.717) is 24.1 Å². The fraction of sp³-hybridized carbons (Fsp3) is 0.700. The molecule has 0 bridgehead atoms. The lowest BCUT2D eigenvalue weighted by Crippen LogP contribution is -2.20. The second-order valence-electron chi connectivity index (χ2n) is 3.31. The van der Waals surface area contributed by atoms with Gasteiger partial charge in [-0.15, -0.1) is 10.2 Å². The summed E-state index contributed by atoms with van der Waals surface area (Å²) >= 11 is 1.23. The van der Waals surface area contributed by atoms with E-state index in [1.807, 2.05) is 6.92 Å². The number of ether oxygens (including phenoxy) is 1. The molecule has 17 heavy (non-hydrogen) atoms. The summed E-state index contributed by atoms with van der Waals surface area (Å²) in [6, 6.07) is 0. The number of thioether (sulfide) groups is 1. The van der Waals surface area contributed by atoms with Crippen LogP contribution in [0.1, 0.15) is 32.6 Å². The van der Waals surface area contributed by atoms with Gasteiger partial charge in [-0.25, -0.2) is 0 Å². The van der Waals surface area contributed by atoms with E-state index in [9.17, 15) is 4.79 Å². The van der Waals surface area contributed by atoms with Crippen molar-refractivity contribution in [1.82, 2.24) is 10.2 Å². The summed E-state index contributed by atoms with van der Waals surface area (Å²) in [5, 5.41) is 7.61. The maximum atomic E-state index is 11.7. The van der Waals surface area contributed by atoms with Gasteiger partial charge in [0.25, 0.3) is 5.22 Å². The van der Waals surface area contributed by atoms with Gasteiger partial charge >= 0.3 is 5.97 Å². The Morgan fingerprint density at radius 3 is 2.82 bits per heavy atom. The number of rotatable bonds is 7. The van der Waals surface area contributed by atoms with E-state index < -0.39 is 0 Å². The lowest BCUT2D eigenvalue weighted by Gasteiger charge is -2.11. The Balaban J connectivity index is 2.62. The van der Waals surface area contributed by atoms with Crippen LogP contribution in [0.25, 0.3) is 0 Å². The molecule has 1 aromatic heterocycles. The highest BCUT2D eigenvalue weighted by atomic mass is 32.2. The molecule has 0 aliphatic carbocycles. The predicted molar refractivity (Wildman–Crippen MR) is 63.4 cm³/mol. The van der Waals surface area contributed by atoms with Crippen LogP contribution in [0.15, 0.2) is 9.64 Å². The van der Waals surface area contributed by atoms with Crippen LogP contribution in [0.4, 0.5) is 0 Å². The SMILES string of the molecule is CCCC(Sc1nnc(CN)o1)C(=O)OCC. The van der Waals surface area contributed by atoms with Gasteiger partial charge in [-0.3, -0.25) is 4.79 Å². The zero-order chi connectivity index (χ0) is 12.7.